The van der Waals surface area contributed by atoms with Gasteiger partial charge in [0.1, 0.15) is 11.6 Å². The first-order valence-corrected chi connectivity index (χ1v) is 10.0. The lowest BCUT2D eigenvalue weighted by Gasteiger charge is -2.41. The summed E-state index contributed by atoms with van der Waals surface area (Å²) in [5.41, 5.74) is 0.466. The molecule has 1 aromatic rings. The van der Waals surface area contributed by atoms with E-state index in [2.05, 4.69) is 0 Å². The Labute approximate surface area is 150 Å². The molecule has 126 valence electrons. The molecule has 0 bridgehead atoms. The first kappa shape index (κ1) is 17.5. The molecule has 0 aromatic heterocycles. The van der Waals surface area contributed by atoms with Crippen molar-refractivity contribution in [1.82, 2.24) is 0 Å². The van der Waals surface area contributed by atoms with Crippen molar-refractivity contribution in [2.45, 2.75) is 32.6 Å². The maximum Gasteiger partial charge on any atom is 0.161 e. The second kappa shape index (κ2) is 6.89. The lowest BCUT2D eigenvalue weighted by molar-refractivity contribution is -0.142. The fourth-order valence-electron chi connectivity index (χ4n) is 3.73. The average molecular weight is 361 g/mol. The fourth-order valence-corrected chi connectivity index (χ4v) is 6.32. The molecule has 1 atom stereocenters. The molecule has 24 heavy (non-hydrogen) atoms. The summed E-state index contributed by atoms with van der Waals surface area (Å²) in [5.74, 6) is 1.39. The van der Waals surface area contributed by atoms with Crippen LogP contribution in [0.4, 0.5) is 0 Å². The van der Waals surface area contributed by atoms with Crippen LogP contribution in [0.3, 0.4) is 0 Å². The zero-order valence-corrected chi connectivity index (χ0v) is 15.5. The molecule has 1 saturated heterocycles. The highest BCUT2D eigenvalue weighted by atomic mass is 32.2. The van der Waals surface area contributed by atoms with E-state index in [-0.39, 0.29) is 36.1 Å². The molecule has 3 rings (SSSR count). The Kier molecular flexibility index (Phi) is 5.02. The number of Topliss-reactive ketones (excluding diaryl/α,β-unsaturated/α-hetero) is 3. The molecule has 3 nitrogen and oxygen atoms in total. The van der Waals surface area contributed by atoms with Crippen LogP contribution in [0.1, 0.15) is 38.2 Å². The number of carbonyl (C=O) groups is 3. The average Bonchev–Trinajstić information content (AvgIpc) is 3.09. The van der Waals surface area contributed by atoms with E-state index >= 15 is 0 Å². The molecule has 0 radical (unpaired) electrons. The zero-order chi connectivity index (χ0) is 17.3. The quantitative estimate of drug-likeness (QED) is 0.603. The van der Waals surface area contributed by atoms with E-state index in [1.54, 1.807) is 23.5 Å². The van der Waals surface area contributed by atoms with Crippen LogP contribution in [0.15, 0.2) is 40.1 Å². The van der Waals surface area contributed by atoms with Gasteiger partial charge in [-0.25, -0.2) is 0 Å². The van der Waals surface area contributed by atoms with Gasteiger partial charge in [-0.2, -0.15) is 0 Å². The van der Waals surface area contributed by atoms with Crippen molar-refractivity contribution in [3.63, 3.8) is 0 Å². The predicted octanol–water partition coefficient (Wildman–Crippen LogP) is 3.99. The van der Waals surface area contributed by atoms with E-state index in [0.29, 0.717) is 5.57 Å². The second-order valence-corrected chi connectivity index (χ2v) is 8.78. The Bertz CT molecular complexity index is 699. The molecule has 0 amide bonds. The first-order chi connectivity index (χ1) is 11.5. The number of hydrogen-bond acceptors (Lipinski definition) is 5. The smallest absolute Gasteiger partial charge is 0.161 e. The Morgan fingerprint density at radius 3 is 2.17 bits per heavy atom. The maximum atomic E-state index is 12.8. The van der Waals surface area contributed by atoms with Gasteiger partial charge >= 0.3 is 0 Å². The molecule has 1 aliphatic carbocycles. The SMILES string of the molecule is CC(=O)C1(C(C)=O)CC(=C2SCCS2)C(=O)CC1c1ccccc1. The molecule has 1 saturated carbocycles. The van der Waals surface area contributed by atoms with E-state index in [4.69, 9.17) is 0 Å². The highest BCUT2D eigenvalue weighted by Gasteiger charge is 2.53. The molecule has 0 spiro atoms. The van der Waals surface area contributed by atoms with Crippen LogP contribution in [0.2, 0.25) is 0 Å². The summed E-state index contributed by atoms with van der Waals surface area (Å²) in [4.78, 5) is 38.1. The summed E-state index contributed by atoms with van der Waals surface area (Å²) >= 11 is 3.35. The number of ketones is 3. The highest BCUT2D eigenvalue weighted by Crippen LogP contribution is 2.52. The van der Waals surface area contributed by atoms with Gasteiger partial charge in [-0.05, 0) is 25.8 Å². The molecule has 1 aromatic carbocycles. The summed E-state index contributed by atoms with van der Waals surface area (Å²) in [6, 6.07) is 9.51. The Morgan fingerprint density at radius 2 is 1.62 bits per heavy atom. The van der Waals surface area contributed by atoms with E-state index < -0.39 is 5.41 Å². The normalized spacial score (nSPS) is 23.4. The zero-order valence-electron chi connectivity index (χ0n) is 13.8. The monoisotopic (exact) mass is 360 g/mol. The van der Waals surface area contributed by atoms with Crippen LogP contribution in [0.5, 0.6) is 0 Å². The van der Waals surface area contributed by atoms with Crippen molar-refractivity contribution in [3.05, 3.63) is 45.7 Å². The third kappa shape index (κ3) is 2.88. The Balaban J connectivity index is 2.13. The molecule has 1 heterocycles. The molecule has 1 aliphatic heterocycles. The van der Waals surface area contributed by atoms with Crippen molar-refractivity contribution in [3.8, 4) is 0 Å². The lowest BCUT2D eigenvalue weighted by Crippen LogP contribution is -2.47. The van der Waals surface area contributed by atoms with Crippen LogP contribution in [0, 0.1) is 5.41 Å². The minimum atomic E-state index is -1.12. The van der Waals surface area contributed by atoms with Crippen molar-refractivity contribution >= 4 is 40.9 Å². The van der Waals surface area contributed by atoms with Gasteiger partial charge in [0.25, 0.3) is 0 Å². The van der Waals surface area contributed by atoms with E-state index in [1.165, 1.54) is 13.8 Å². The number of rotatable bonds is 3. The molecule has 2 fully saturated rings. The van der Waals surface area contributed by atoms with Gasteiger partial charge in [-0.15, -0.1) is 23.5 Å². The van der Waals surface area contributed by atoms with Gasteiger partial charge < -0.3 is 0 Å². The molecule has 1 unspecified atom stereocenters. The maximum absolute atomic E-state index is 12.8. The molecule has 0 N–H and O–H groups in total. The summed E-state index contributed by atoms with van der Waals surface area (Å²) in [6.07, 6.45) is 0.467. The van der Waals surface area contributed by atoms with Gasteiger partial charge in [-0.1, -0.05) is 30.3 Å². The van der Waals surface area contributed by atoms with Crippen LogP contribution >= 0.6 is 23.5 Å². The fraction of sp³-hybridized carbons (Fsp3) is 0.421. The van der Waals surface area contributed by atoms with E-state index in [1.807, 2.05) is 30.3 Å². The summed E-state index contributed by atoms with van der Waals surface area (Å²) in [6.45, 7) is 2.98. The molecular weight excluding hydrogens is 340 g/mol. The van der Waals surface area contributed by atoms with Gasteiger partial charge in [0, 0.05) is 33.7 Å². The van der Waals surface area contributed by atoms with E-state index in [9.17, 15) is 14.4 Å². The topological polar surface area (TPSA) is 51.2 Å². The standard InChI is InChI=1S/C19H20O3S2/c1-12(20)19(13(2)21)11-15(18-23-8-9-24-18)17(22)10-16(19)14-6-4-3-5-7-14/h3-7,16H,8-11H2,1-2H3. The highest BCUT2D eigenvalue weighted by molar-refractivity contribution is 8.25. The number of hydrogen-bond donors (Lipinski definition) is 0. The Hall–Kier alpha value is -1.33. The van der Waals surface area contributed by atoms with Crippen LogP contribution in [0.25, 0.3) is 0 Å². The van der Waals surface area contributed by atoms with Gasteiger partial charge in [0.05, 0.1) is 5.41 Å². The van der Waals surface area contributed by atoms with E-state index in [0.717, 1.165) is 21.3 Å². The summed E-state index contributed by atoms with van der Waals surface area (Å²) < 4.78 is 1.01. The summed E-state index contributed by atoms with van der Waals surface area (Å²) in [7, 11) is 0. The van der Waals surface area contributed by atoms with Crippen LogP contribution < -0.4 is 0 Å². The van der Waals surface area contributed by atoms with Gasteiger partial charge in [0.15, 0.2) is 5.78 Å². The third-order valence-electron chi connectivity index (χ3n) is 5.03. The molecular formula is C19H20O3S2. The largest absolute Gasteiger partial charge is 0.299 e. The van der Waals surface area contributed by atoms with Crippen LogP contribution in [-0.4, -0.2) is 28.9 Å². The van der Waals surface area contributed by atoms with Gasteiger partial charge in [0.2, 0.25) is 0 Å². The van der Waals surface area contributed by atoms with Crippen molar-refractivity contribution in [2.24, 2.45) is 5.41 Å². The van der Waals surface area contributed by atoms with Crippen LogP contribution in [-0.2, 0) is 14.4 Å². The third-order valence-corrected chi connectivity index (χ3v) is 7.83. The number of allylic oxidation sites excluding steroid dienone is 1. The number of carbonyl (C=O) groups excluding carboxylic acids is 3. The molecule has 5 heteroatoms. The minimum Gasteiger partial charge on any atom is -0.299 e. The van der Waals surface area contributed by atoms with Crippen molar-refractivity contribution in [2.75, 3.05) is 11.5 Å². The predicted molar refractivity (Wildman–Crippen MR) is 99.2 cm³/mol. The van der Waals surface area contributed by atoms with Crippen molar-refractivity contribution in [1.29, 1.82) is 0 Å². The first-order valence-electron chi connectivity index (χ1n) is 8.05. The minimum absolute atomic E-state index is 0.0823. The number of thioether (sulfide) groups is 2. The number of benzene rings is 1. The second-order valence-electron chi connectivity index (χ2n) is 6.31. The Morgan fingerprint density at radius 1 is 1.04 bits per heavy atom. The molecule has 2 aliphatic rings. The van der Waals surface area contributed by atoms with Crippen molar-refractivity contribution < 1.29 is 14.4 Å². The van der Waals surface area contributed by atoms with Gasteiger partial charge in [-0.3, -0.25) is 14.4 Å². The summed E-state index contributed by atoms with van der Waals surface area (Å²) in [5, 5.41) is 0. The lowest BCUT2D eigenvalue weighted by atomic mass is 9.58.